The molecule has 0 bridgehead atoms. The topological polar surface area (TPSA) is 41.6 Å². The third-order valence-corrected chi connectivity index (χ3v) is 4.68. The van der Waals surface area contributed by atoms with Crippen molar-refractivity contribution in [2.75, 3.05) is 25.5 Å². The number of carbonyl (C=O) groups is 1. The highest BCUT2D eigenvalue weighted by atomic mass is 35.5. The number of rotatable bonds is 4. The van der Waals surface area contributed by atoms with E-state index in [0.29, 0.717) is 12.2 Å². The van der Waals surface area contributed by atoms with Crippen molar-refractivity contribution in [1.82, 2.24) is 4.90 Å². The molecule has 1 N–H and O–H groups in total. The van der Waals surface area contributed by atoms with Gasteiger partial charge in [0.25, 0.3) is 0 Å². The summed E-state index contributed by atoms with van der Waals surface area (Å²) < 4.78 is 5.28. The van der Waals surface area contributed by atoms with Crippen LogP contribution in [-0.4, -0.2) is 36.5 Å². The second-order valence-electron chi connectivity index (χ2n) is 5.84. The van der Waals surface area contributed by atoms with Crippen molar-refractivity contribution >= 4 is 24.0 Å². The molecule has 0 unspecified atom stereocenters. The lowest BCUT2D eigenvalue weighted by Crippen LogP contribution is -2.41. The van der Waals surface area contributed by atoms with Gasteiger partial charge in [0.05, 0.1) is 12.8 Å². The number of halogens is 1. The molecule has 2 aliphatic rings. The Bertz CT molecular complexity index is 497. The van der Waals surface area contributed by atoms with Crippen molar-refractivity contribution in [3.05, 3.63) is 24.3 Å². The molecule has 0 spiro atoms. The number of benzene rings is 1. The molecule has 1 amide bonds. The Hall–Kier alpha value is -1.26. The third kappa shape index (κ3) is 3.16. The first kappa shape index (κ1) is 16.1. The van der Waals surface area contributed by atoms with E-state index in [2.05, 4.69) is 10.2 Å². The zero-order chi connectivity index (χ0) is 14.0. The number of anilines is 1. The molecule has 2 heterocycles. The predicted molar refractivity (Wildman–Crippen MR) is 86.3 cm³/mol. The monoisotopic (exact) mass is 310 g/mol. The minimum atomic E-state index is 0. The van der Waals surface area contributed by atoms with Crippen molar-refractivity contribution in [3.8, 4) is 5.75 Å². The van der Waals surface area contributed by atoms with Crippen LogP contribution in [0.5, 0.6) is 5.75 Å². The van der Waals surface area contributed by atoms with E-state index in [4.69, 9.17) is 4.74 Å². The first-order valence-electron chi connectivity index (χ1n) is 7.41. The van der Waals surface area contributed by atoms with Gasteiger partial charge in [-0.25, -0.2) is 0 Å². The Morgan fingerprint density at radius 2 is 1.95 bits per heavy atom. The van der Waals surface area contributed by atoms with E-state index >= 15 is 0 Å². The Morgan fingerprint density at radius 3 is 2.62 bits per heavy atom. The Morgan fingerprint density at radius 1 is 1.29 bits per heavy atom. The summed E-state index contributed by atoms with van der Waals surface area (Å²) >= 11 is 0. The van der Waals surface area contributed by atoms with Gasteiger partial charge in [-0.15, -0.1) is 12.4 Å². The van der Waals surface area contributed by atoms with E-state index in [-0.39, 0.29) is 23.9 Å². The van der Waals surface area contributed by atoms with Gasteiger partial charge in [-0.05, 0) is 50.9 Å². The van der Waals surface area contributed by atoms with Gasteiger partial charge < -0.3 is 10.1 Å². The standard InChI is InChI=1S/C16H22N2O2.ClH/c1-20-14-7-3-2-6-13(14)17-15(19)12-16-8-4-10-18(16)11-5-9-16;/h2-3,6-7H,4-5,8-12H2,1H3,(H,17,19);1H. The number of amides is 1. The van der Waals surface area contributed by atoms with Gasteiger partial charge in [0.2, 0.25) is 5.91 Å². The molecular weight excluding hydrogens is 288 g/mol. The number of carbonyl (C=O) groups excluding carboxylic acids is 1. The van der Waals surface area contributed by atoms with Crippen LogP contribution in [0.15, 0.2) is 24.3 Å². The normalized spacial score (nSPS) is 19.7. The van der Waals surface area contributed by atoms with E-state index in [1.54, 1.807) is 7.11 Å². The van der Waals surface area contributed by atoms with E-state index < -0.39 is 0 Å². The lowest BCUT2D eigenvalue weighted by molar-refractivity contribution is -0.118. The average molecular weight is 311 g/mol. The maximum atomic E-state index is 12.4. The minimum absolute atomic E-state index is 0. The van der Waals surface area contributed by atoms with Crippen LogP contribution in [0.1, 0.15) is 32.1 Å². The van der Waals surface area contributed by atoms with E-state index in [1.807, 2.05) is 24.3 Å². The Labute approximate surface area is 132 Å². The zero-order valence-corrected chi connectivity index (χ0v) is 13.2. The van der Waals surface area contributed by atoms with Crippen LogP contribution in [0.4, 0.5) is 5.69 Å². The number of hydrogen-bond acceptors (Lipinski definition) is 3. The number of nitrogens with one attached hydrogen (secondary N) is 1. The van der Waals surface area contributed by atoms with Crippen LogP contribution in [0.3, 0.4) is 0 Å². The van der Waals surface area contributed by atoms with Crippen molar-refractivity contribution in [1.29, 1.82) is 0 Å². The minimum Gasteiger partial charge on any atom is -0.495 e. The first-order chi connectivity index (χ1) is 9.73. The third-order valence-electron chi connectivity index (χ3n) is 4.68. The molecule has 5 heteroatoms. The van der Waals surface area contributed by atoms with Crippen LogP contribution >= 0.6 is 12.4 Å². The molecule has 1 aromatic carbocycles. The second-order valence-corrected chi connectivity index (χ2v) is 5.84. The maximum absolute atomic E-state index is 12.4. The SMILES string of the molecule is COc1ccccc1NC(=O)CC12CCCN1CCC2.Cl. The van der Waals surface area contributed by atoms with E-state index in [0.717, 1.165) is 31.6 Å². The molecule has 0 aromatic heterocycles. The molecule has 21 heavy (non-hydrogen) atoms. The fourth-order valence-electron chi connectivity index (χ4n) is 3.76. The Balaban J connectivity index is 0.00000161. The predicted octanol–water partition coefficient (Wildman–Crippen LogP) is 3.07. The quantitative estimate of drug-likeness (QED) is 0.929. The molecule has 0 aliphatic carbocycles. The summed E-state index contributed by atoms with van der Waals surface area (Å²) in [5, 5.41) is 3.01. The largest absolute Gasteiger partial charge is 0.495 e. The van der Waals surface area contributed by atoms with Gasteiger partial charge in [-0.1, -0.05) is 12.1 Å². The number of fused-ring (bicyclic) bond motifs is 1. The molecule has 2 aliphatic heterocycles. The molecule has 0 atom stereocenters. The fraction of sp³-hybridized carbons (Fsp3) is 0.562. The van der Waals surface area contributed by atoms with Gasteiger partial charge in [0.15, 0.2) is 0 Å². The van der Waals surface area contributed by atoms with Crippen LogP contribution < -0.4 is 10.1 Å². The highest BCUT2D eigenvalue weighted by molar-refractivity contribution is 5.93. The smallest absolute Gasteiger partial charge is 0.226 e. The molecule has 116 valence electrons. The summed E-state index contributed by atoms with van der Waals surface area (Å²) in [5.41, 5.74) is 0.894. The molecular formula is C16H23ClN2O2. The molecule has 3 rings (SSSR count). The van der Waals surface area contributed by atoms with Crippen molar-refractivity contribution in [3.63, 3.8) is 0 Å². The number of para-hydroxylation sites is 2. The van der Waals surface area contributed by atoms with Crippen molar-refractivity contribution in [2.45, 2.75) is 37.6 Å². The van der Waals surface area contributed by atoms with Gasteiger partial charge >= 0.3 is 0 Å². The fourth-order valence-corrected chi connectivity index (χ4v) is 3.76. The highest BCUT2D eigenvalue weighted by Gasteiger charge is 2.45. The Kier molecular flexibility index (Phi) is 5.12. The summed E-state index contributed by atoms with van der Waals surface area (Å²) in [6.07, 6.45) is 5.37. The van der Waals surface area contributed by atoms with Crippen LogP contribution in [0.25, 0.3) is 0 Å². The zero-order valence-electron chi connectivity index (χ0n) is 12.4. The summed E-state index contributed by atoms with van der Waals surface area (Å²) in [4.78, 5) is 14.9. The first-order valence-corrected chi connectivity index (χ1v) is 7.41. The maximum Gasteiger partial charge on any atom is 0.226 e. The molecule has 0 radical (unpaired) electrons. The van der Waals surface area contributed by atoms with Crippen LogP contribution in [-0.2, 0) is 4.79 Å². The van der Waals surface area contributed by atoms with Crippen molar-refractivity contribution < 1.29 is 9.53 Å². The molecule has 2 saturated heterocycles. The van der Waals surface area contributed by atoms with Gasteiger partial charge in [0, 0.05) is 12.0 Å². The molecule has 0 saturated carbocycles. The lowest BCUT2D eigenvalue weighted by atomic mass is 9.90. The molecule has 4 nitrogen and oxygen atoms in total. The molecule has 1 aromatic rings. The summed E-state index contributed by atoms with van der Waals surface area (Å²) in [7, 11) is 1.62. The van der Waals surface area contributed by atoms with Gasteiger partial charge in [-0.3, -0.25) is 9.69 Å². The van der Waals surface area contributed by atoms with Crippen LogP contribution in [0.2, 0.25) is 0 Å². The highest BCUT2D eigenvalue weighted by Crippen LogP contribution is 2.41. The summed E-state index contributed by atoms with van der Waals surface area (Å²) in [6, 6.07) is 7.57. The van der Waals surface area contributed by atoms with Crippen molar-refractivity contribution in [2.24, 2.45) is 0 Å². The van der Waals surface area contributed by atoms with Gasteiger partial charge in [-0.2, -0.15) is 0 Å². The number of nitrogens with zero attached hydrogens (tertiary/aromatic N) is 1. The average Bonchev–Trinajstić information content (AvgIpc) is 2.98. The summed E-state index contributed by atoms with van der Waals surface area (Å²) in [5.74, 6) is 0.816. The van der Waals surface area contributed by atoms with Crippen LogP contribution in [0, 0.1) is 0 Å². The molecule has 2 fully saturated rings. The van der Waals surface area contributed by atoms with E-state index in [1.165, 1.54) is 12.8 Å². The number of hydrogen-bond donors (Lipinski definition) is 1. The lowest BCUT2D eigenvalue weighted by Gasteiger charge is -2.31. The summed E-state index contributed by atoms with van der Waals surface area (Å²) in [6.45, 7) is 2.31. The second kappa shape index (κ2) is 6.67. The van der Waals surface area contributed by atoms with Gasteiger partial charge in [0.1, 0.15) is 5.75 Å². The number of methoxy groups -OCH3 is 1. The van der Waals surface area contributed by atoms with E-state index in [9.17, 15) is 4.79 Å². The number of ether oxygens (including phenoxy) is 1.